The van der Waals surface area contributed by atoms with Crippen molar-refractivity contribution < 1.29 is 4.42 Å². The van der Waals surface area contributed by atoms with Crippen LogP contribution in [0.25, 0.3) is 11.3 Å². The number of nitrogens with one attached hydrogen (secondary N) is 1. The van der Waals surface area contributed by atoms with Gasteiger partial charge in [0.2, 0.25) is 0 Å². The van der Waals surface area contributed by atoms with E-state index in [2.05, 4.69) is 15.3 Å². The molecule has 0 fully saturated rings. The molecule has 6 heteroatoms. The van der Waals surface area contributed by atoms with Crippen molar-refractivity contribution in [2.24, 2.45) is 0 Å². The minimum absolute atomic E-state index is 0. The predicted octanol–water partition coefficient (Wildman–Crippen LogP) is 4.89. The molecule has 0 aliphatic heterocycles. The van der Waals surface area contributed by atoms with Crippen molar-refractivity contribution in [3.8, 4) is 11.3 Å². The van der Waals surface area contributed by atoms with Gasteiger partial charge in [0.1, 0.15) is 17.3 Å². The van der Waals surface area contributed by atoms with Gasteiger partial charge in [0, 0.05) is 17.1 Å². The molecule has 0 unspecified atom stereocenters. The summed E-state index contributed by atoms with van der Waals surface area (Å²) in [6.45, 7) is 5.92. The summed E-state index contributed by atoms with van der Waals surface area (Å²) in [5, 5.41) is 6.11. The summed E-state index contributed by atoms with van der Waals surface area (Å²) in [7, 11) is 0. The molecule has 0 saturated carbocycles. The van der Waals surface area contributed by atoms with Gasteiger partial charge < -0.3 is 9.73 Å². The second-order valence-corrected chi connectivity index (χ2v) is 5.52. The largest absolute Gasteiger partial charge is 0.466 e. The molecular formula is C15H16ClN3OS. The molecule has 0 aliphatic rings. The van der Waals surface area contributed by atoms with Crippen molar-refractivity contribution in [2.75, 3.05) is 5.32 Å². The van der Waals surface area contributed by atoms with Crippen molar-refractivity contribution in [3.05, 3.63) is 46.9 Å². The molecule has 0 radical (unpaired) electrons. The van der Waals surface area contributed by atoms with E-state index in [9.17, 15) is 0 Å². The smallest absolute Gasteiger partial charge is 0.188 e. The number of thiazole rings is 1. The molecule has 3 rings (SSSR count). The van der Waals surface area contributed by atoms with E-state index in [1.165, 1.54) is 0 Å². The molecule has 4 nitrogen and oxygen atoms in total. The lowest BCUT2D eigenvalue weighted by Crippen LogP contribution is -1.95. The zero-order valence-electron chi connectivity index (χ0n) is 12.0. The number of rotatable bonds is 3. The third kappa shape index (κ3) is 3.25. The molecule has 1 N–H and O–H groups in total. The van der Waals surface area contributed by atoms with Crippen molar-refractivity contribution in [2.45, 2.75) is 20.8 Å². The van der Waals surface area contributed by atoms with E-state index in [-0.39, 0.29) is 12.4 Å². The number of aromatic nitrogens is 2. The lowest BCUT2D eigenvalue weighted by atomic mass is 10.2. The van der Waals surface area contributed by atoms with Crippen LogP contribution in [0, 0.1) is 20.8 Å². The summed E-state index contributed by atoms with van der Waals surface area (Å²) in [4.78, 5) is 8.91. The quantitative estimate of drug-likeness (QED) is 0.746. The van der Waals surface area contributed by atoms with Crippen LogP contribution < -0.4 is 5.32 Å². The number of furan rings is 1. The lowest BCUT2D eigenvalue weighted by molar-refractivity contribution is 0.505. The van der Waals surface area contributed by atoms with E-state index in [4.69, 9.17) is 4.42 Å². The van der Waals surface area contributed by atoms with Gasteiger partial charge in [-0.2, -0.15) is 0 Å². The van der Waals surface area contributed by atoms with Crippen LogP contribution in [0.4, 0.5) is 10.9 Å². The first kappa shape index (κ1) is 15.5. The van der Waals surface area contributed by atoms with E-state index in [1.54, 1.807) is 17.5 Å². The molecule has 0 bridgehead atoms. The fourth-order valence-electron chi connectivity index (χ4n) is 2.06. The van der Waals surface area contributed by atoms with Crippen LogP contribution in [0.5, 0.6) is 0 Å². The molecule has 0 amide bonds. The normalized spacial score (nSPS) is 10.2. The summed E-state index contributed by atoms with van der Waals surface area (Å²) in [5.41, 5.74) is 3.07. The average Bonchev–Trinajstić information content (AvgIpc) is 2.99. The topological polar surface area (TPSA) is 51.0 Å². The van der Waals surface area contributed by atoms with Crippen LogP contribution in [-0.4, -0.2) is 9.97 Å². The number of anilines is 2. The molecule has 0 spiro atoms. The maximum absolute atomic E-state index is 5.55. The molecule has 0 aliphatic carbocycles. The lowest BCUT2D eigenvalue weighted by Gasteiger charge is -2.03. The SMILES string of the molecule is Cc1cc(-c2csc(Nc3ncccc3C)n2)c(C)o1.Cl. The molecular weight excluding hydrogens is 306 g/mol. The Labute approximate surface area is 133 Å². The van der Waals surface area contributed by atoms with Gasteiger partial charge in [0.15, 0.2) is 5.13 Å². The van der Waals surface area contributed by atoms with Crippen LogP contribution in [0.3, 0.4) is 0 Å². The van der Waals surface area contributed by atoms with Gasteiger partial charge in [0.05, 0.1) is 5.69 Å². The molecule has 110 valence electrons. The fraction of sp³-hybridized carbons (Fsp3) is 0.200. The van der Waals surface area contributed by atoms with Gasteiger partial charge in [-0.25, -0.2) is 9.97 Å². The minimum atomic E-state index is 0. The third-order valence-corrected chi connectivity index (χ3v) is 3.81. The Balaban J connectivity index is 0.00000161. The second kappa shape index (κ2) is 6.28. The minimum Gasteiger partial charge on any atom is -0.466 e. The maximum atomic E-state index is 5.55. The predicted molar refractivity (Wildman–Crippen MR) is 88.8 cm³/mol. The van der Waals surface area contributed by atoms with Crippen LogP contribution in [0.2, 0.25) is 0 Å². The summed E-state index contributed by atoms with van der Waals surface area (Å²) < 4.78 is 5.55. The van der Waals surface area contributed by atoms with Gasteiger partial charge >= 0.3 is 0 Å². The first-order chi connectivity index (χ1) is 9.63. The van der Waals surface area contributed by atoms with Gasteiger partial charge in [0.25, 0.3) is 0 Å². The number of halogens is 1. The van der Waals surface area contributed by atoms with Gasteiger partial charge in [-0.05, 0) is 38.5 Å². The zero-order valence-corrected chi connectivity index (χ0v) is 13.6. The number of pyridine rings is 1. The Kier molecular flexibility index (Phi) is 4.65. The highest BCUT2D eigenvalue weighted by atomic mass is 35.5. The molecule has 0 atom stereocenters. The van der Waals surface area contributed by atoms with E-state index in [0.29, 0.717) is 0 Å². The van der Waals surface area contributed by atoms with E-state index in [0.717, 1.165) is 39.3 Å². The Bertz CT molecular complexity index is 751. The number of aryl methyl sites for hydroxylation is 3. The van der Waals surface area contributed by atoms with Gasteiger partial charge in [-0.1, -0.05) is 6.07 Å². The molecule has 0 saturated heterocycles. The third-order valence-electron chi connectivity index (χ3n) is 3.06. The van der Waals surface area contributed by atoms with Crippen LogP contribution >= 0.6 is 23.7 Å². The van der Waals surface area contributed by atoms with Crippen molar-refractivity contribution in [3.63, 3.8) is 0 Å². The standard InChI is InChI=1S/C15H15N3OS.ClH/c1-9-5-4-6-16-14(9)18-15-17-13(8-20-15)12-7-10(2)19-11(12)3;/h4-8H,1-3H3,(H,16,17,18);1H. The monoisotopic (exact) mass is 321 g/mol. The summed E-state index contributed by atoms with van der Waals surface area (Å²) in [6, 6.07) is 5.96. The van der Waals surface area contributed by atoms with Crippen molar-refractivity contribution >= 4 is 34.7 Å². The highest BCUT2D eigenvalue weighted by Crippen LogP contribution is 2.30. The van der Waals surface area contributed by atoms with Gasteiger partial charge in [-0.3, -0.25) is 0 Å². The van der Waals surface area contributed by atoms with E-state index >= 15 is 0 Å². The van der Waals surface area contributed by atoms with Crippen molar-refractivity contribution in [1.82, 2.24) is 9.97 Å². The number of hydrogen-bond donors (Lipinski definition) is 1. The summed E-state index contributed by atoms with van der Waals surface area (Å²) in [5.74, 6) is 2.64. The fourth-order valence-corrected chi connectivity index (χ4v) is 2.77. The zero-order chi connectivity index (χ0) is 14.1. The molecule has 3 aromatic rings. The summed E-state index contributed by atoms with van der Waals surface area (Å²) in [6.07, 6.45) is 1.77. The first-order valence-corrected chi connectivity index (χ1v) is 7.23. The Morgan fingerprint density at radius 2 is 2.05 bits per heavy atom. The van der Waals surface area contributed by atoms with E-state index < -0.39 is 0 Å². The number of hydrogen-bond acceptors (Lipinski definition) is 5. The summed E-state index contributed by atoms with van der Waals surface area (Å²) >= 11 is 1.56. The molecule has 21 heavy (non-hydrogen) atoms. The average molecular weight is 322 g/mol. The van der Waals surface area contributed by atoms with Crippen LogP contribution in [0.1, 0.15) is 17.1 Å². The van der Waals surface area contributed by atoms with Crippen LogP contribution in [-0.2, 0) is 0 Å². The first-order valence-electron chi connectivity index (χ1n) is 6.35. The van der Waals surface area contributed by atoms with Crippen LogP contribution in [0.15, 0.2) is 34.2 Å². The second-order valence-electron chi connectivity index (χ2n) is 4.66. The highest BCUT2D eigenvalue weighted by molar-refractivity contribution is 7.14. The van der Waals surface area contributed by atoms with E-state index in [1.807, 2.05) is 44.4 Å². The number of nitrogens with zero attached hydrogens (tertiary/aromatic N) is 2. The molecule has 3 heterocycles. The Morgan fingerprint density at radius 3 is 2.71 bits per heavy atom. The Hall–Kier alpha value is -1.85. The molecule has 0 aromatic carbocycles. The molecule has 3 aromatic heterocycles. The van der Waals surface area contributed by atoms with Gasteiger partial charge in [-0.15, -0.1) is 23.7 Å². The maximum Gasteiger partial charge on any atom is 0.188 e. The Morgan fingerprint density at radius 1 is 1.24 bits per heavy atom. The van der Waals surface area contributed by atoms with Crippen molar-refractivity contribution in [1.29, 1.82) is 0 Å². The highest BCUT2D eigenvalue weighted by Gasteiger charge is 2.11.